The normalized spacial score (nSPS) is 19.6. The number of rotatable bonds is 3. The molecule has 1 aliphatic heterocycles. The van der Waals surface area contributed by atoms with Gasteiger partial charge < -0.3 is 5.32 Å². The Morgan fingerprint density at radius 1 is 1.39 bits per heavy atom. The molecule has 1 heterocycles. The van der Waals surface area contributed by atoms with E-state index in [9.17, 15) is 4.79 Å². The number of anilines is 1. The molecule has 1 amide bonds. The van der Waals surface area contributed by atoms with Crippen LogP contribution >= 0.6 is 12.2 Å². The van der Waals surface area contributed by atoms with Crippen LogP contribution in [0.4, 0.5) is 5.69 Å². The zero-order chi connectivity index (χ0) is 13.3. The molecule has 1 aliphatic rings. The van der Waals surface area contributed by atoms with E-state index in [1.807, 2.05) is 31.2 Å². The molecular weight excluding hydrogens is 244 g/mol. The van der Waals surface area contributed by atoms with Gasteiger partial charge in [-0.3, -0.25) is 9.69 Å². The van der Waals surface area contributed by atoms with Gasteiger partial charge in [0.25, 0.3) is 5.91 Å². The molecule has 1 atom stereocenters. The Labute approximate surface area is 113 Å². The van der Waals surface area contributed by atoms with Gasteiger partial charge in [-0.25, -0.2) is 0 Å². The van der Waals surface area contributed by atoms with E-state index in [0.717, 1.165) is 17.7 Å². The van der Waals surface area contributed by atoms with Crippen molar-refractivity contribution in [2.45, 2.75) is 33.2 Å². The molecule has 96 valence electrons. The molecule has 1 aromatic carbocycles. The maximum atomic E-state index is 12.4. The Morgan fingerprint density at radius 2 is 2.06 bits per heavy atom. The van der Waals surface area contributed by atoms with E-state index in [0.29, 0.717) is 11.0 Å². The topological polar surface area (TPSA) is 32.3 Å². The molecule has 0 bridgehead atoms. The molecular formula is C14H18N2OS. The summed E-state index contributed by atoms with van der Waals surface area (Å²) in [7, 11) is 0. The number of hydrogen-bond donors (Lipinski definition) is 1. The lowest BCUT2D eigenvalue weighted by molar-refractivity contribution is -0.118. The molecule has 2 rings (SSSR count). The SMILES string of the molecule is Cc1ccccc1N1C(=O)[C@H](CC(C)C)NC1=S. The smallest absolute Gasteiger partial charge is 0.255 e. The van der Waals surface area contributed by atoms with Gasteiger partial charge in [0.1, 0.15) is 6.04 Å². The summed E-state index contributed by atoms with van der Waals surface area (Å²) in [6.45, 7) is 6.20. The molecule has 0 aliphatic carbocycles. The molecule has 0 unspecified atom stereocenters. The first-order chi connectivity index (χ1) is 8.50. The van der Waals surface area contributed by atoms with Crippen molar-refractivity contribution >= 4 is 28.9 Å². The Hall–Kier alpha value is -1.42. The van der Waals surface area contributed by atoms with Crippen molar-refractivity contribution in [2.24, 2.45) is 5.92 Å². The van der Waals surface area contributed by atoms with Gasteiger partial charge in [-0.2, -0.15) is 0 Å². The minimum Gasteiger partial charge on any atom is -0.350 e. The number of hydrogen-bond acceptors (Lipinski definition) is 2. The molecule has 0 saturated carbocycles. The number of aryl methyl sites for hydroxylation is 1. The molecule has 0 radical (unpaired) electrons. The highest BCUT2D eigenvalue weighted by molar-refractivity contribution is 7.80. The van der Waals surface area contributed by atoms with E-state index in [1.165, 1.54) is 0 Å². The van der Waals surface area contributed by atoms with E-state index < -0.39 is 0 Å². The summed E-state index contributed by atoms with van der Waals surface area (Å²) in [5, 5.41) is 3.63. The summed E-state index contributed by atoms with van der Waals surface area (Å²) in [6, 6.07) is 7.62. The fraction of sp³-hybridized carbons (Fsp3) is 0.429. The fourth-order valence-corrected chi connectivity index (χ4v) is 2.54. The van der Waals surface area contributed by atoms with Gasteiger partial charge >= 0.3 is 0 Å². The highest BCUT2D eigenvalue weighted by atomic mass is 32.1. The summed E-state index contributed by atoms with van der Waals surface area (Å²) in [5.41, 5.74) is 1.94. The van der Waals surface area contributed by atoms with Gasteiger partial charge in [0, 0.05) is 0 Å². The number of para-hydroxylation sites is 1. The lowest BCUT2D eigenvalue weighted by atomic mass is 10.0. The largest absolute Gasteiger partial charge is 0.350 e. The maximum Gasteiger partial charge on any atom is 0.255 e. The van der Waals surface area contributed by atoms with Crippen LogP contribution < -0.4 is 10.2 Å². The highest BCUT2D eigenvalue weighted by Gasteiger charge is 2.36. The van der Waals surface area contributed by atoms with Crippen LogP contribution in [0.1, 0.15) is 25.8 Å². The van der Waals surface area contributed by atoms with Crippen molar-refractivity contribution < 1.29 is 4.79 Å². The van der Waals surface area contributed by atoms with Gasteiger partial charge in [-0.1, -0.05) is 32.0 Å². The average Bonchev–Trinajstić information content (AvgIpc) is 2.55. The summed E-state index contributed by atoms with van der Waals surface area (Å²) in [4.78, 5) is 14.0. The molecule has 0 spiro atoms. The van der Waals surface area contributed by atoms with Gasteiger partial charge in [-0.05, 0) is 43.1 Å². The van der Waals surface area contributed by atoms with E-state index in [2.05, 4.69) is 19.2 Å². The van der Waals surface area contributed by atoms with E-state index in [1.54, 1.807) is 4.90 Å². The summed E-state index contributed by atoms with van der Waals surface area (Å²) < 4.78 is 0. The Kier molecular flexibility index (Phi) is 3.66. The zero-order valence-corrected chi connectivity index (χ0v) is 11.8. The Bertz CT molecular complexity index is 484. The first kappa shape index (κ1) is 13.0. The third-order valence-electron chi connectivity index (χ3n) is 3.08. The average molecular weight is 262 g/mol. The van der Waals surface area contributed by atoms with Gasteiger partial charge in [0.05, 0.1) is 5.69 Å². The molecule has 3 nitrogen and oxygen atoms in total. The number of nitrogens with zero attached hydrogens (tertiary/aromatic N) is 1. The lowest BCUT2D eigenvalue weighted by Gasteiger charge is -2.17. The minimum absolute atomic E-state index is 0.0583. The van der Waals surface area contributed by atoms with Gasteiger partial charge in [0.2, 0.25) is 0 Å². The van der Waals surface area contributed by atoms with Crippen molar-refractivity contribution in [2.75, 3.05) is 4.90 Å². The summed E-state index contributed by atoms with van der Waals surface area (Å²) >= 11 is 5.28. The molecule has 1 N–H and O–H groups in total. The van der Waals surface area contributed by atoms with Gasteiger partial charge in [-0.15, -0.1) is 0 Å². The molecule has 1 saturated heterocycles. The van der Waals surface area contributed by atoms with Crippen LogP contribution in [0.2, 0.25) is 0 Å². The quantitative estimate of drug-likeness (QED) is 0.850. The van der Waals surface area contributed by atoms with E-state index >= 15 is 0 Å². The first-order valence-electron chi connectivity index (χ1n) is 6.20. The fourth-order valence-electron chi connectivity index (χ4n) is 2.20. The van der Waals surface area contributed by atoms with E-state index in [-0.39, 0.29) is 11.9 Å². The third kappa shape index (κ3) is 2.38. The molecule has 18 heavy (non-hydrogen) atoms. The highest BCUT2D eigenvalue weighted by Crippen LogP contribution is 2.25. The van der Waals surface area contributed by atoms with Crippen molar-refractivity contribution in [3.05, 3.63) is 29.8 Å². The van der Waals surface area contributed by atoms with Crippen LogP contribution in [0, 0.1) is 12.8 Å². The third-order valence-corrected chi connectivity index (χ3v) is 3.38. The maximum absolute atomic E-state index is 12.4. The van der Waals surface area contributed by atoms with Crippen LogP contribution in [-0.4, -0.2) is 17.1 Å². The minimum atomic E-state index is -0.183. The van der Waals surface area contributed by atoms with Crippen molar-refractivity contribution in [3.8, 4) is 0 Å². The van der Waals surface area contributed by atoms with Crippen LogP contribution in [0.15, 0.2) is 24.3 Å². The zero-order valence-electron chi connectivity index (χ0n) is 10.9. The molecule has 1 aromatic rings. The number of benzene rings is 1. The number of amides is 1. The van der Waals surface area contributed by atoms with Crippen molar-refractivity contribution in [1.82, 2.24) is 5.32 Å². The molecule has 4 heteroatoms. The molecule has 1 fully saturated rings. The summed E-state index contributed by atoms with van der Waals surface area (Å²) in [5.74, 6) is 0.522. The predicted molar refractivity (Wildman–Crippen MR) is 77.6 cm³/mol. The Morgan fingerprint density at radius 3 is 2.67 bits per heavy atom. The van der Waals surface area contributed by atoms with Gasteiger partial charge in [0.15, 0.2) is 5.11 Å². The van der Waals surface area contributed by atoms with E-state index in [4.69, 9.17) is 12.2 Å². The van der Waals surface area contributed by atoms with Crippen LogP contribution in [-0.2, 0) is 4.79 Å². The van der Waals surface area contributed by atoms with Crippen molar-refractivity contribution in [1.29, 1.82) is 0 Å². The number of thiocarbonyl (C=S) groups is 1. The number of nitrogens with one attached hydrogen (secondary N) is 1. The monoisotopic (exact) mass is 262 g/mol. The predicted octanol–water partition coefficient (Wildman–Crippen LogP) is 2.63. The number of carbonyl (C=O) groups excluding carboxylic acids is 1. The Balaban J connectivity index is 2.27. The van der Waals surface area contributed by atoms with Crippen LogP contribution in [0.5, 0.6) is 0 Å². The second-order valence-electron chi connectivity index (χ2n) is 5.09. The molecule has 0 aromatic heterocycles. The summed E-state index contributed by atoms with van der Waals surface area (Å²) in [6.07, 6.45) is 0.807. The second kappa shape index (κ2) is 5.06. The van der Waals surface area contributed by atoms with Crippen LogP contribution in [0.3, 0.4) is 0 Å². The second-order valence-corrected chi connectivity index (χ2v) is 5.48. The lowest BCUT2D eigenvalue weighted by Crippen LogP contribution is -2.32. The standard InChI is InChI=1S/C14H18N2OS/c1-9(2)8-11-13(17)16(14(18)15-11)12-7-5-4-6-10(12)3/h4-7,9,11H,8H2,1-3H3,(H,15,18)/t11-/m0/s1. The number of carbonyl (C=O) groups is 1. The van der Waals surface area contributed by atoms with Crippen molar-refractivity contribution in [3.63, 3.8) is 0 Å². The van der Waals surface area contributed by atoms with Crippen LogP contribution in [0.25, 0.3) is 0 Å². The first-order valence-corrected chi connectivity index (χ1v) is 6.61.